The number of benzene rings is 2. The maximum atomic E-state index is 14.1. The van der Waals surface area contributed by atoms with Gasteiger partial charge < -0.3 is 9.67 Å². The molecule has 1 aromatic heterocycles. The van der Waals surface area contributed by atoms with Gasteiger partial charge in [0, 0.05) is 24.1 Å². The van der Waals surface area contributed by atoms with Gasteiger partial charge in [0.2, 0.25) is 0 Å². The maximum absolute atomic E-state index is 14.1. The van der Waals surface area contributed by atoms with Gasteiger partial charge in [-0.05, 0) is 18.6 Å². The molecule has 0 radical (unpaired) electrons. The van der Waals surface area contributed by atoms with Crippen molar-refractivity contribution in [3.63, 3.8) is 0 Å². The predicted octanol–water partition coefficient (Wildman–Crippen LogP) is 3.50. The molecule has 0 aliphatic heterocycles. The molecule has 3 aromatic rings. The number of hydrogen-bond donors (Lipinski definition) is 1. The highest BCUT2D eigenvalue weighted by atomic mass is 19.1. The van der Waals surface area contributed by atoms with Gasteiger partial charge in [0.05, 0.1) is 18.6 Å². The lowest BCUT2D eigenvalue weighted by Gasteiger charge is -2.10. The molecule has 5 heteroatoms. The third-order valence-corrected chi connectivity index (χ3v) is 4.06. The Hall–Kier alpha value is -2.95. The highest BCUT2D eigenvalue weighted by molar-refractivity contribution is 5.78. The number of halogens is 1. The van der Waals surface area contributed by atoms with Gasteiger partial charge in [0.25, 0.3) is 0 Å². The molecule has 3 rings (SSSR count). The molecule has 128 valence electrons. The number of phenolic OH excluding ortho intramolecular Hbond substituents is 1. The summed E-state index contributed by atoms with van der Waals surface area (Å²) in [6, 6.07) is 14.4. The Morgan fingerprint density at radius 1 is 1.16 bits per heavy atom. The largest absolute Gasteiger partial charge is 0.505 e. The summed E-state index contributed by atoms with van der Waals surface area (Å²) >= 11 is 0. The molecule has 0 bridgehead atoms. The number of aromatic hydroxyl groups is 1. The second kappa shape index (κ2) is 7.30. The van der Waals surface area contributed by atoms with Crippen LogP contribution in [0.2, 0.25) is 0 Å². The summed E-state index contributed by atoms with van der Waals surface area (Å²) in [7, 11) is 0. The van der Waals surface area contributed by atoms with Crippen molar-refractivity contribution >= 4 is 5.78 Å². The number of Topliss-reactive ketones (excluding diaryl/α,β-unsaturated/α-hetero) is 1. The number of carbonyl (C=O) groups is 1. The van der Waals surface area contributed by atoms with Crippen LogP contribution in [-0.4, -0.2) is 20.4 Å². The minimum Gasteiger partial charge on any atom is -0.505 e. The van der Waals surface area contributed by atoms with Gasteiger partial charge in [0.1, 0.15) is 5.78 Å². The van der Waals surface area contributed by atoms with Gasteiger partial charge in [-0.2, -0.15) is 0 Å². The van der Waals surface area contributed by atoms with E-state index in [2.05, 4.69) is 4.98 Å². The standard InChI is InChI=1S/C20H19FN2O2/c1-14(24)10-18-17(11-15-6-3-2-4-7-15)22-13-23(18)12-16-8-5-9-19(25)20(16)21/h2-9,13,25H,10-12H2,1H3. The fourth-order valence-electron chi connectivity index (χ4n) is 2.83. The van der Waals surface area contributed by atoms with Crippen LogP contribution in [0.1, 0.15) is 29.4 Å². The Kier molecular flexibility index (Phi) is 4.93. The highest BCUT2D eigenvalue weighted by Crippen LogP contribution is 2.21. The maximum Gasteiger partial charge on any atom is 0.169 e. The van der Waals surface area contributed by atoms with Gasteiger partial charge >= 0.3 is 0 Å². The molecule has 0 saturated heterocycles. The summed E-state index contributed by atoms with van der Waals surface area (Å²) in [6.45, 7) is 1.74. The van der Waals surface area contributed by atoms with Crippen molar-refractivity contribution in [2.24, 2.45) is 0 Å². The van der Waals surface area contributed by atoms with Crippen molar-refractivity contribution in [1.29, 1.82) is 0 Å². The number of hydrogen-bond acceptors (Lipinski definition) is 3. The number of nitrogens with zero attached hydrogens (tertiary/aromatic N) is 2. The average Bonchev–Trinajstić information content (AvgIpc) is 2.94. The Bertz CT molecular complexity index is 888. The second-order valence-corrected chi connectivity index (χ2v) is 6.06. The molecule has 0 spiro atoms. The smallest absolute Gasteiger partial charge is 0.169 e. The normalized spacial score (nSPS) is 10.8. The van der Waals surface area contributed by atoms with E-state index in [-0.39, 0.29) is 24.5 Å². The zero-order valence-corrected chi connectivity index (χ0v) is 13.9. The minimum absolute atomic E-state index is 0.0208. The van der Waals surface area contributed by atoms with E-state index in [0.717, 1.165) is 17.0 Å². The van der Waals surface area contributed by atoms with Gasteiger partial charge in [-0.15, -0.1) is 0 Å². The van der Waals surface area contributed by atoms with Crippen molar-refractivity contribution in [2.75, 3.05) is 0 Å². The second-order valence-electron chi connectivity index (χ2n) is 6.06. The van der Waals surface area contributed by atoms with E-state index in [0.29, 0.717) is 12.0 Å². The van der Waals surface area contributed by atoms with Crippen LogP contribution in [0.3, 0.4) is 0 Å². The average molecular weight is 338 g/mol. The van der Waals surface area contributed by atoms with Crippen LogP contribution in [0.5, 0.6) is 5.75 Å². The van der Waals surface area contributed by atoms with E-state index in [1.165, 1.54) is 13.0 Å². The van der Waals surface area contributed by atoms with Crippen LogP contribution >= 0.6 is 0 Å². The lowest BCUT2D eigenvalue weighted by molar-refractivity contribution is -0.116. The van der Waals surface area contributed by atoms with Crippen LogP contribution in [0.4, 0.5) is 4.39 Å². The van der Waals surface area contributed by atoms with Crippen LogP contribution in [0.15, 0.2) is 54.9 Å². The van der Waals surface area contributed by atoms with E-state index >= 15 is 0 Å². The summed E-state index contributed by atoms with van der Waals surface area (Å²) in [6.07, 6.45) is 2.47. The molecule has 0 amide bonds. The topological polar surface area (TPSA) is 55.1 Å². The first kappa shape index (κ1) is 16.9. The molecule has 4 nitrogen and oxygen atoms in total. The highest BCUT2D eigenvalue weighted by Gasteiger charge is 2.15. The van der Waals surface area contributed by atoms with E-state index in [1.807, 2.05) is 30.3 Å². The first-order valence-electron chi connectivity index (χ1n) is 8.07. The molecule has 2 aromatic carbocycles. The van der Waals surface area contributed by atoms with Gasteiger partial charge in [0.15, 0.2) is 11.6 Å². The number of ketones is 1. The summed E-state index contributed by atoms with van der Waals surface area (Å²) in [4.78, 5) is 16.1. The van der Waals surface area contributed by atoms with E-state index in [4.69, 9.17) is 0 Å². The number of phenols is 1. The SMILES string of the molecule is CC(=O)Cc1c(Cc2ccccc2)ncn1Cc1cccc(O)c1F. The third-order valence-electron chi connectivity index (χ3n) is 4.06. The molecule has 0 aliphatic rings. The van der Waals surface area contributed by atoms with E-state index < -0.39 is 5.82 Å². The molecule has 25 heavy (non-hydrogen) atoms. The van der Waals surface area contributed by atoms with E-state index in [1.54, 1.807) is 23.0 Å². The lowest BCUT2D eigenvalue weighted by Crippen LogP contribution is -2.10. The Morgan fingerprint density at radius 3 is 2.64 bits per heavy atom. The predicted molar refractivity (Wildman–Crippen MR) is 93.0 cm³/mol. The molecule has 0 fully saturated rings. The van der Waals surface area contributed by atoms with Crippen molar-refractivity contribution in [2.45, 2.75) is 26.3 Å². The lowest BCUT2D eigenvalue weighted by atomic mass is 10.1. The minimum atomic E-state index is -0.644. The molecule has 0 saturated carbocycles. The fourth-order valence-corrected chi connectivity index (χ4v) is 2.83. The summed E-state index contributed by atoms with van der Waals surface area (Å²) in [5.74, 6) is -1.00. The molecule has 0 atom stereocenters. The summed E-state index contributed by atoms with van der Waals surface area (Å²) < 4.78 is 15.9. The molecule has 0 unspecified atom stereocenters. The van der Waals surface area contributed by atoms with Crippen LogP contribution in [0.25, 0.3) is 0 Å². The molecule has 0 aliphatic carbocycles. The molecular formula is C20H19FN2O2. The van der Waals surface area contributed by atoms with Crippen molar-refractivity contribution < 1.29 is 14.3 Å². The van der Waals surface area contributed by atoms with Crippen LogP contribution in [-0.2, 0) is 24.2 Å². The fraction of sp³-hybridized carbons (Fsp3) is 0.200. The number of rotatable bonds is 6. The Labute approximate surface area is 145 Å². The van der Waals surface area contributed by atoms with Crippen LogP contribution < -0.4 is 0 Å². The Morgan fingerprint density at radius 2 is 1.92 bits per heavy atom. The monoisotopic (exact) mass is 338 g/mol. The van der Waals surface area contributed by atoms with Gasteiger partial charge in [-0.1, -0.05) is 42.5 Å². The van der Waals surface area contributed by atoms with Crippen LogP contribution in [0, 0.1) is 5.82 Å². The number of aromatic nitrogens is 2. The van der Waals surface area contributed by atoms with Crippen molar-refractivity contribution in [3.05, 3.63) is 83.2 Å². The molecule has 1 heterocycles. The van der Waals surface area contributed by atoms with Crippen molar-refractivity contribution in [1.82, 2.24) is 9.55 Å². The first-order valence-corrected chi connectivity index (χ1v) is 8.07. The summed E-state index contributed by atoms with van der Waals surface area (Å²) in [5.41, 5.74) is 3.04. The molecule has 1 N–H and O–H groups in total. The van der Waals surface area contributed by atoms with Gasteiger partial charge in [-0.3, -0.25) is 4.79 Å². The van der Waals surface area contributed by atoms with Crippen molar-refractivity contribution in [3.8, 4) is 5.75 Å². The number of imidazole rings is 1. The Balaban J connectivity index is 1.93. The third kappa shape index (κ3) is 3.94. The van der Waals surface area contributed by atoms with Gasteiger partial charge in [-0.25, -0.2) is 9.37 Å². The quantitative estimate of drug-likeness (QED) is 0.748. The zero-order valence-electron chi connectivity index (χ0n) is 13.9. The van der Waals surface area contributed by atoms with E-state index in [9.17, 15) is 14.3 Å². The molecular weight excluding hydrogens is 319 g/mol. The first-order chi connectivity index (χ1) is 12.0. The number of carbonyl (C=O) groups excluding carboxylic acids is 1. The summed E-state index contributed by atoms with van der Waals surface area (Å²) in [5, 5.41) is 9.54. The zero-order chi connectivity index (χ0) is 17.8.